The first-order chi connectivity index (χ1) is 7.09. The standard InChI is InChI=1S/C10H13BrN2O2/c1-7(14)4-5-12-10(15)9-3-2-8(11)6-13-9/h2-3,6-7,14H,4-5H2,1H3,(H,12,15). The summed E-state index contributed by atoms with van der Waals surface area (Å²) in [6, 6.07) is 3.40. The minimum atomic E-state index is -0.400. The monoisotopic (exact) mass is 272 g/mol. The molecule has 0 aliphatic carbocycles. The van der Waals surface area contributed by atoms with Gasteiger partial charge in [-0.3, -0.25) is 4.79 Å². The smallest absolute Gasteiger partial charge is 0.269 e. The van der Waals surface area contributed by atoms with E-state index in [0.717, 1.165) is 4.47 Å². The van der Waals surface area contributed by atoms with Gasteiger partial charge in [0.15, 0.2) is 0 Å². The number of rotatable bonds is 4. The number of aromatic nitrogens is 1. The first-order valence-corrected chi connectivity index (χ1v) is 5.46. The first kappa shape index (κ1) is 12.1. The molecule has 4 nitrogen and oxygen atoms in total. The maximum atomic E-state index is 11.5. The average Bonchev–Trinajstić information content (AvgIpc) is 2.18. The fourth-order valence-corrected chi connectivity index (χ4v) is 1.23. The van der Waals surface area contributed by atoms with E-state index in [0.29, 0.717) is 18.7 Å². The zero-order chi connectivity index (χ0) is 11.3. The molecule has 0 fully saturated rings. The largest absolute Gasteiger partial charge is 0.393 e. The summed E-state index contributed by atoms with van der Waals surface area (Å²) in [6.07, 6.45) is 1.72. The van der Waals surface area contributed by atoms with Crippen LogP contribution in [0.4, 0.5) is 0 Å². The molecule has 1 atom stereocenters. The molecule has 0 aliphatic rings. The van der Waals surface area contributed by atoms with Crippen LogP contribution in [0.15, 0.2) is 22.8 Å². The van der Waals surface area contributed by atoms with Gasteiger partial charge in [0.2, 0.25) is 0 Å². The van der Waals surface area contributed by atoms with Gasteiger partial charge in [-0.25, -0.2) is 4.98 Å². The third-order valence-electron chi connectivity index (χ3n) is 1.81. The summed E-state index contributed by atoms with van der Waals surface area (Å²) in [5.41, 5.74) is 0.379. The van der Waals surface area contributed by atoms with E-state index in [2.05, 4.69) is 26.2 Å². The molecule has 1 aromatic rings. The summed E-state index contributed by atoms with van der Waals surface area (Å²) in [5, 5.41) is 11.7. The van der Waals surface area contributed by atoms with Crippen LogP contribution in [0.5, 0.6) is 0 Å². The number of aliphatic hydroxyl groups is 1. The average molecular weight is 273 g/mol. The van der Waals surface area contributed by atoms with Crippen LogP contribution in [-0.2, 0) is 0 Å². The molecule has 2 N–H and O–H groups in total. The van der Waals surface area contributed by atoms with Crippen molar-refractivity contribution in [2.24, 2.45) is 0 Å². The number of halogens is 1. The number of aliphatic hydroxyl groups excluding tert-OH is 1. The van der Waals surface area contributed by atoms with E-state index in [9.17, 15) is 4.79 Å². The highest BCUT2D eigenvalue weighted by molar-refractivity contribution is 9.10. The SMILES string of the molecule is CC(O)CCNC(=O)c1ccc(Br)cn1. The summed E-state index contributed by atoms with van der Waals surface area (Å²) in [7, 11) is 0. The van der Waals surface area contributed by atoms with E-state index in [4.69, 9.17) is 5.11 Å². The summed E-state index contributed by atoms with van der Waals surface area (Å²) < 4.78 is 0.836. The van der Waals surface area contributed by atoms with E-state index in [1.807, 2.05) is 0 Å². The summed E-state index contributed by atoms with van der Waals surface area (Å²) in [4.78, 5) is 15.4. The van der Waals surface area contributed by atoms with Gasteiger partial charge < -0.3 is 10.4 Å². The van der Waals surface area contributed by atoms with Gasteiger partial charge in [0.1, 0.15) is 5.69 Å². The molecule has 0 aromatic carbocycles. The Morgan fingerprint density at radius 3 is 2.93 bits per heavy atom. The van der Waals surface area contributed by atoms with Crippen LogP contribution < -0.4 is 5.32 Å². The number of amides is 1. The number of nitrogens with zero attached hydrogens (tertiary/aromatic N) is 1. The van der Waals surface area contributed by atoms with Gasteiger partial charge in [0.25, 0.3) is 5.91 Å². The molecule has 0 bridgehead atoms. The maximum absolute atomic E-state index is 11.5. The molecule has 1 amide bonds. The fraction of sp³-hybridized carbons (Fsp3) is 0.400. The van der Waals surface area contributed by atoms with Gasteiger partial charge >= 0.3 is 0 Å². The normalized spacial score (nSPS) is 12.2. The molecule has 0 radical (unpaired) electrons. The van der Waals surface area contributed by atoms with E-state index in [1.165, 1.54) is 0 Å². The number of carbonyl (C=O) groups excluding carboxylic acids is 1. The lowest BCUT2D eigenvalue weighted by Gasteiger charge is -2.06. The molecule has 82 valence electrons. The molecule has 1 heterocycles. The molecular formula is C10H13BrN2O2. The van der Waals surface area contributed by atoms with Crippen LogP contribution >= 0.6 is 15.9 Å². The van der Waals surface area contributed by atoms with Gasteiger partial charge in [0.05, 0.1) is 6.10 Å². The van der Waals surface area contributed by atoms with Crippen molar-refractivity contribution in [1.29, 1.82) is 0 Å². The van der Waals surface area contributed by atoms with Crippen molar-refractivity contribution in [2.45, 2.75) is 19.4 Å². The molecule has 5 heteroatoms. The Labute approximate surface area is 96.8 Å². The minimum Gasteiger partial charge on any atom is -0.393 e. The van der Waals surface area contributed by atoms with Crippen LogP contribution in [0.1, 0.15) is 23.8 Å². The molecule has 1 rings (SSSR count). The highest BCUT2D eigenvalue weighted by atomic mass is 79.9. The van der Waals surface area contributed by atoms with Crippen molar-refractivity contribution in [2.75, 3.05) is 6.54 Å². The summed E-state index contributed by atoms with van der Waals surface area (Å²) in [6.45, 7) is 2.14. The van der Waals surface area contributed by atoms with Crippen molar-refractivity contribution in [3.8, 4) is 0 Å². The van der Waals surface area contributed by atoms with Crippen molar-refractivity contribution in [3.63, 3.8) is 0 Å². The number of hydrogen-bond acceptors (Lipinski definition) is 3. The second kappa shape index (κ2) is 5.82. The Morgan fingerprint density at radius 2 is 2.40 bits per heavy atom. The van der Waals surface area contributed by atoms with E-state index in [1.54, 1.807) is 25.3 Å². The van der Waals surface area contributed by atoms with Crippen LogP contribution in [0, 0.1) is 0 Å². The van der Waals surface area contributed by atoms with E-state index < -0.39 is 6.10 Å². The van der Waals surface area contributed by atoms with Crippen LogP contribution in [0.2, 0.25) is 0 Å². The Kier molecular flexibility index (Phi) is 4.71. The van der Waals surface area contributed by atoms with Gasteiger partial charge in [-0.05, 0) is 41.4 Å². The number of pyridine rings is 1. The van der Waals surface area contributed by atoms with E-state index in [-0.39, 0.29) is 5.91 Å². The zero-order valence-corrected chi connectivity index (χ0v) is 9.99. The number of carbonyl (C=O) groups is 1. The van der Waals surface area contributed by atoms with E-state index >= 15 is 0 Å². The Balaban J connectivity index is 2.43. The minimum absolute atomic E-state index is 0.219. The van der Waals surface area contributed by atoms with Crippen molar-refractivity contribution >= 4 is 21.8 Å². The molecule has 1 unspecified atom stereocenters. The Morgan fingerprint density at radius 1 is 1.67 bits per heavy atom. The molecule has 0 spiro atoms. The lowest BCUT2D eigenvalue weighted by molar-refractivity contribution is 0.0940. The van der Waals surface area contributed by atoms with Gasteiger partial charge in [-0.15, -0.1) is 0 Å². The molecule has 1 aromatic heterocycles. The predicted molar refractivity (Wildman–Crippen MR) is 60.6 cm³/mol. The Bertz CT molecular complexity index is 325. The topological polar surface area (TPSA) is 62.2 Å². The van der Waals surface area contributed by atoms with Gasteiger partial charge in [-0.1, -0.05) is 0 Å². The Hall–Kier alpha value is -0.940. The zero-order valence-electron chi connectivity index (χ0n) is 8.40. The fourth-order valence-electron chi connectivity index (χ4n) is 0.995. The van der Waals surface area contributed by atoms with Crippen molar-refractivity contribution in [1.82, 2.24) is 10.3 Å². The maximum Gasteiger partial charge on any atom is 0.269 e. The van der Waals surface area contributed by atoms with Crippen molar-refractivity contribution < 1.29 is 9.90 Å². The van der Waals surface area contributed by atoms with Gasteiger partial charge in [0, 0.05) is 17.2 Å². The van der Waals surface area contributed by atoms with Crippen LogP contribution in [-0.4, -0.2) is 28.6 Å². The number of nitrogens with one attached hydrogen (secondary N) is 1. The molecule has 0 saturated carbocycles. The highest BCUT2D eigenvalue weighted by Gasteiger charge is 2.06. The second-order valence-electron chi connectivity index (χ2n) is 3.26. The van der Waals surface area contributed by atoms with Crippen LogP contribution in [0.3, 0.4) is 0 Å². The molecular weight excluding hydrogens is 260 g/mol. The summed E-state index contributed by atoms with van der Waals surface area (Å²) >= 11 is 3.24. The quantitative estimate of drug-likeness (QED) is 0.870. The molecule has 0 aliphatic heterocycles. The van der Waals surface area contributed by atoms with Crippen LogP contribution in [0.25, 0.3) is 0 Å². The van der Waals surface area contributed by atoms with Crippen molar-refractivity contribution in [3.05, 3.63) is 28.5 Å². The lowest BCUT2D eigenvalue weighted by atomic mass is 10.3. The predicted octanol–water partition coefficient (Wildman–Crippen LogP) is 1.34. The number of hydrogen-bond donors (Lipinski definition) is 2. The lowest BCUT2D eigenvalue weighted by Crippen LogP contribution is -2.27. The third kappa shape index (κ3) is 4.40. The summed E-state index contributed by atoms with van der Waals surface area (Å²) in [5.74, 6) is -0.219. The van der Waals surface area contributed by atoms with Gasteiger partial charge in [-0.2, -0.15) is 0 Å². The molecule has 15 heavy (non-hydrogen) atoms. The first-order valence-electron chi connectivity index (χ1n) is 4.67. The second-order valence-corrected chi connectivity index (χ2v) is 4.17. The molecule has 0 saturated heterocycles. The third-order valence-corrected chi connectivity index (χ3v) is 2.28. The highest BCUT2D eigenvalue weighted by Crippen LogP contribution is 2.07.